The van der Waals surface area contributed by atoms with Crippen molar-refractivity contribution in [2.24, 2.45) is 5.41 Å². The molecular formula is C23H34N2O3. The quantitative estimate of drug-likeness (QED) is 0.672. The SMILES string of the molecule is CN(C)[C@]1(c2ccccc2)CC[C@]2(CC1)CC(=O)N(CCC(C)(C)OC=O)C2. The van der Waals surface area contributed by atoms with Gasteiger partial charge in [-0.1, -0.05) is 30.3 Å². The number of carbonyl (C=O) groups excluding carboxylic acids is 2. The van der Waals surface area contributed by atoms with Crippen molar-refractivity contribution < 1.29 is 14.3 Å². The summed E-state index contributed by atoms with van der Waals surface area (Å²) in [7, 11) is 4.35. The van der Waals surface area contributed by atoms with Gasteiger partial charge in [0.25, 0.3) is 6.47 Å². The lowest BCUT2D eigenvalue weighted by Gasteiger charge is -2.49. The minimum atomic E-state index is -0.530. The molecule has 0 bridgehead atoms. The van der Waals surface area contributed by atoms with Crippen molar-refractivity contribution in [2.75, 3.05) is 27.2 Å². The summed E-state index contributed by atoms with van der Waals surface area (Å²) in [5, 5.41) is 0. The second-order valence-corrected chi connectivity index (χ2v) is 9.51. The Bertz CT molecular complexity index is 691. The van der Waals surface area contributed by atoms with Gasteiger partial charge < -0.3 is 9.64 Å². The second-order valence-electron chi connectivity index (χ2n) is 9.51. The maximum absolute atomic E-state index is 12.7. The standard InChI is InChI=1S/C23H34N2O3/c1-21(2,28-18-26)14-15-25-17-22(16-20(25)27)10-12-23(13-11-22,24(3)4)19-8-6-5-7-9-19/h5-9,18H,10-17H2,1-4H3/t22-,23+. The Morgan fingerprint density at radius 1 is 1.14 bits per heavy atom. The van der Waals surface area contributed by atoms with Crippen molar-refractivity contribution in [1.82, 2.24) is 9.80 Å². The highest BCUT2D eigenvalue weighted by molar-refractivity contribution is 5.79. The molecule has 1 saturated heterocycles. The van der Waals surface area contributed by atoms with Crippen LogP contribution in [0.5, 0.6) is 0 Å². The van der Waals surface area contributed by atoms with Crippen molar-refractivity contribution in [3.8, 4) is 0 Å². The first-order valence-corrected chi connectivity index (χ1v) is 10.3. The van der Waals surface area contributed by atoms with Crippen LogP contribution in [0.25, 0.3) is 0 Å². The minimum Gasteiger partial charge on any atom is -0.462 e. The molecule has 1 aromatic carbocycles. The number of carbonyl (C=O) groups is 2. The predicted molar refractivity (Wildman–Crippen MR) is 110 cm³/mol. The molecule has 1 aliphatic carbocycles. The van der Waals surface area contributed by atoms with E-state index in [1.165, 1.54) is 5.56 Å². The fourth-order valence-electron chi connectivity index (χ4n) is 5.05. The molecule has 0 N–H and O–H groups in total. The molecule has 1 amide bonds. The van der Waals surface area contributed by atoms with E-state index in [4.69, 9.17) is 4.74 Å². The van der Waals surface area contributed by atoms with E-state index >= 15 is 0 Å². The highest BCUT2D eigenvalue weighted by Crippen LogP contribution is 2.52. The first-order valence-electron chi connectivity index (χ1n) is 10.3. The summed E-state index contributed by atoms with van der Waals surface area (Å²) in [4.78, 5) is 27.7. The summed E-state index contributed by atoms with van der Waals surface area (Å²) < 4.78 is 5.14. The maximum Gasteiger partial charge on any atom is 0.293 e. The zero-order valence-electron chi connectivity index (χ0n) is 17.7. The molecule has 28 heavy (non-hydrogen) atoms. The van der Waals surface area contributed by atoms with Crippen molar-refractivity contribution in [2.45, 2.75) is 63.5 Å². The molecule has 0 unspecified atom stereocenters. The van der Waals surface area contributed by atoms with Crippen LogP contribution < -0.4 is 0 Å². The summed E-state index contributed by atoms with van der Waals surface area (Å²) >= 11 is 0. The van der Waals surface area contributed by atoms with Gasteiger partial charge in [-0.3, -0.25) is 14.5 Å². The van der Waals surface area contributed by atoms with Gasteiger partial charge in [0.15, 0.2) is 0 Å². The van der Waals surface area contributed by atoms with Gasteiger partial charge in [-0.2, -0.15) is 0 Å². The molecule has 1 aliphatic heterocycles. The third-order valence-electron chi connectivity index (χ3n) is 7.06. The lowest BCUT2D eigenvalue weighted by Crippen LogP contribution is -2.47. The zero-order valence-corrected chi connectivity index (χ0v) is 17.7. The normalized spacial score (nSPS) is 28.2. The predicted octanol–water partition coefficient (Wildman–Crippen LogP) is 3.58. The summed E-state index contributed by atoms with van der Waals surface area (Å²) in [5.41, 5.74) is 1.01. The molecule has 2 aliphatic rings. The molecule has 0 aromatic heterocycles. The van der Waals surface area contributed by atoms with Gasteiger partial charge in [0.2, 0.25) is 5.91 Å². The van der Waals surface area contributed by atoms with E-state index in [1.807, 2.05) is 18.7 Å². The van der Waals surface area contributed by atoms with Crippen LogP contribution in [0.4, 0.5) is 0 Å². The van der Waals surface area contributed by atoms with E-state index in [2.05, 4.69) is 49.3 Å². The molecule has 5 nitrogen and oxygen atoms in total. The number of amides is 1. The van der Waals surface area contributed by atoms with Crippen LogP contribution in [0, 0.1) is 5.41 Å². The molecule has 0 radical (unpaired) electrons. The average Bonchev–Trinajstić information content (AvgIpc) is 2.97. The van der Waals surface area contributed by atoms with E-state index in [0.717, 1.165) is 32.2 Å². The topological polar surface area (TPSA) is 49.9 Å². The van der Waals surface area contributed by atoms with Gasteiger partial charge in [0, 0.05) is 31.5 Å². The van der Waals surface area contributed by atoms with Gasteiger partial charge in [-0.25, -0.2) is 0 Å². The van der Waals surface area contributed by atoms with Crippen LogP contribution in [0.2, 0.25) is 0 Å². The summed E-state index contributed by atoms with van der Waals surface area (Å²) in [6.07, 6.45) is 5.60. The van der Waals surface area contributed by atoms with E-state index in [0.29, 0.717) is 25.9 Å². The van der Waals surface area contributed by atoms with Gasteiger partial charge in [0.1, 0.15) is 5.60 Å². The van der Waals surface area contributed by atoms with Gasteiger partial charge in [-0.05, 0) is 64.6 Å². The van der Waals surface area contributed by atoms with Crippen LogP contribution in [0.1, 0.15) is 57.9 Å². The first kappa shape index (κ1) is 20.8. The summed E-state index contributed by atoms with van der Waals surface area (Å²) in [5.74, 6) is 0.249. The number of nitrogens with zero attached hydrogens (tertiary/aromatic N) is 2. The van der Waals surface area contributed by atoms with E-state index in [9.17, 15) is 9.59 Å². The fourth-order valence-corrected chi connectivity index (χ4v) is 5.05. The lowest BCUT2D eigenvalue weighted by molar-refractivity contribution is -0.141. The largest absolute Gasteiger partial charge is 0.462 e. The van der Waals surface area contributed by atoms with E-state index < -0.39 is 5.60 Å². The number of rotatable bonds is 7. The zero-order chi connectivity index (χ0) is 20.4. The second kappa shape index (κ2) is 7.86. The van der Waals surface area contributed by atoms with E-state index in [1.54, 1.807) is 0 Å². The number of likely N-dealkylation sites (tertiary alicyclic amines) is 1. The third-order valence-corrected chi connectivity index (χ3v) is 7.06. The van der Waals surface area contributed by atoms with Crippen molar-refractivity contribution in [3.05, 3.63) is 35.9 Å². The molecule has 5 heteroatoms. The van der Waals surface area contributed by atoms with Crippen molar-refractivity contribution in [3.63, 3.8) is 0 Å². The smallest absolute Gasteiger partial charge is 0.293 e. The Hall–Kier alpha value is -1.88. The van der Waals surface area contributed by atoms with Gasteiger partial charge in [0.05, 0.1) is 0 Å². The molecule has 1 aromatic rings. The van der Waals surface area contributed by atoms with Crippen LogP contribution in [-0.4, -0.2) is 55.0 Å². The molecule has 1 saturated carbocycles. The Kier molecular flexibility index (Phi) is 5.85. The molecular weight excluding hydrogens is 352 g/mol. The first-order chi connectivity index (χ1) is 13.2. The number of hydrogen-bond acceptors (Lipinski definition) is 4. The van der Waals surface area contributed by atoms with Crippen LogP contribution in [0.15, 0.2) is 30.3 Å². The Balaban J connectivity index is 1.66. The van der Waals surface area contributed by atoms with Crippen LogP contribution >= 0.6 is 0 Å². The van der Waals surface area contributed by atoms with Gasteiger partial charge >= 0.3 is 0 Å². The monoisotopic (exact) mass is 386 g/mol. The fraction of sp³-hybridized carbons (Fsp3) is 0.652. The van der Waals surface area contributed by atoms with Crippen molar-refractivity contribution >= 4 is 12.4 Å². The average molecular weight is 387 g/mol. The van der Waals surface area contributed by atoms with Crippen molar-refractivity contribution in [1.29, 1.82) is 0 Å². The number of ether oxygens (including phenoxy) is 1. The number of hydrogen-bond donors (Lipinski definition) is 0. The molecule has 1 heterocycles. The summed E-state index contributed by atoms with van der Waals surface area (Å²) in [6, 6.07) is 10.8. The summed E-state index contributed by atoms with van der Waals surface area (Å²) in [6.45, 7) is 5.77. The minimum absolute atomic E-state index is 0.0583. The molecule has 1 spiro atoms. The van der Waals surface area contributed by atoms with Crippen LogP contribution in [0.3, 0.4) is 0 Å². The Labute approximate surface area is 169 Å². The molecule has 3 rings (SSSR count). The lowest BCUT2D eigenvalue weighted by atomic mass is 9.64. The highest BCUT2D eigenvalue weighted by Gasteiger charge is 2.50. The van der Waals surface area contributed by atoms with E-state index in [-0.39, 0.29) is 16.9 Å². The maximum atomic E-state index is 12.7. The third kappa shape index (κ3) is 4.09. The number of benzene rings is 1. The Morgan fingerprint density at radius 3 is 2.36 bits per heavy atom. The van der Waals surface area contributed by atoms with Crippen LogP contribution in [-0.2, 0) is 19.9 Å². The Morgan fingerprint density at radius 2 is 1.79 bits per heavy atom. The molecule has 2 fully saturated rings. The molecule has 0 atom stereocenters. The molecule has 154 valence electrons. The van der Waals surface area contributed by atoms with Gasteiger partial charge in [-0.15, -0.1) is 0 Å². The highest BCUT2D eigenvalue weighted by atomic mass is 16.5.